The molecule has 1 aliphatic heterocycles. The summed E-state index contributed by atoms with van der Waals surface area (Å²) in [6, 6.07) is 18.3. The predicted octanol–water partition coefficient (Wildman–Crippen LogP) is 4.18. The lowest BCUT2D eigenvalue weighted by Crippen LogP contribution is -2.40. The molecular formula is C24H21ClN2O4S. The van der Waals surface area contributed by atoms with Gasteiger partial charge in [-0.15, -0.1) is 0 Å². The lowest BCUT2D eigenvalue weighted by Gasteiger charge is -2.26. The summed E-state index contributed by atoms with van der Waals surface area (Å²) in [7, 11) is -3.73. The molecule has 0 atom stereocenters. The van der Waals surface area contributed by atoms with Gasteiger partial charge in [-0.3, -0.25) is 4.79 Å². The molecular weight excluding hydrogens is 448 g/mol. The first-order valence-corrected chi connectivity index (χ1v) is 12.2. The van der Waals surface area contributed by atoms with Crippen LogP contribution in [0, 0.1) is 0 Å². The number of sulfonamides is 1. The van der Waals surface area contributed by atoms with Crippen LogP contribution in [0.1, 0.15) is 21.5 Å². The van der Waals surface area contributed by atoms with Crippen molar-refractivity contribution >= 4 is 33.2 Å². The van der Waals surface area contributed by atoms with Crippen LogP contribution in [0.4, 0.5) is 5.69 Å². The number of halogens is 1. The number of hydrogen-bond donors (Lipinski definition) is 1. The van der Waals surface area contributed by atoms with Crippen LogP contribution in [0.3, 0.4) is 0 Å². The fourth-order valence-electron chi connectivity index (χ4n) is 4.20. The van der Waals surface area contributed by atoms with E-state index in [-0.39, 0.29) is 28.6 Å². The van der Waals surface area contributed by atoms with Crippen LogP contribution in [0.15, 0.2) is 65.6 Å². The third-order valence-electron chi connectivity index (χ3n) is 5.84. The number of nitrogens with one attached hydrogen (secondary N) is 1. The number of anilines is 1. The van der Waals surface area contributed by atoms with Gasteiger partial charge in [0.15, 0.2) is 0 Å². The third-order valence-corrected chi connectivity index (χ3v) is 8.07. The van der Waals surface area contributed by atoms with Gasteiger partial charge in [-0.2, -0.15) is 4.31 Å². The number of carbonyl (C=O) groups is 1. The molecule has 2 aliphatic rings. The normalized spacial score (nSPS) is 15.8. The molecule has 1 N–H and O–H groups in total. The van der Waals surface area contributed by atoms with Crippen LogP contribution < -0.4 is 5.32 Å². The number of rotatable bonds is 4. The Morgan fingerprint density at radius 1 is 0.938 bits per heavy atom. The lowest BCUT2D eigenvalue weighted by atomic mass is 10.1. The van der Waals surface area contributed by atoms with Gasteiger partial charge in [-0.25, -0.2) is 8.42 Å². The molecule has 1 heterocycles. The van der Waals surface area contributed by atoms with Crippen molar-refractivity contribution in [3.63, 3.8) is 0 Å². The second kappa shape index (κ2) is 8.33. The van der Waals surface area contributed by atoms with E-state index in [2.05, 4.69) is 17.4 Å². The van der Waals surface area contributed by atoms with Crippen LogP contribution in [-0.2, 0) is 21.2 Å². The molecule has 3 aromatic rings. The molecule has 0 spiro atoms. The Balaban J connectivity index is 1.39. The predicted molar refractivity (Wildman–Crippen MR) is 124 cm³/mol. The van der Waals surface area contributed by atoms with Crippen molar-refractivity contribution in [2.45, 2.75) is 11.3 Å². The SMILES string of the molecule is O=C(Nc1ccc2c(c1)Cc1ccccc1-2)c1cc(S(=O)(=O)N2CCOCC2)ccc1Cl. The maximum absolute atomic E-state index is 13.0. The van der Waals surface area contributed by atoms with E-state index in [1.165, 1.54) is 33.6 Å². The Labute approximate surface area is 191 Å². The summed E-state index contributed by atoms with van der Waals surface area (Å²) in [5.74, 6) is -0.454. The molecule has 5 rings (SSSR count). The highest BCUT2D eigenvalue weighted by Gasteiger charge is 2.28. The Bertz CT molecular complexity index is 1320. The van der Waals surface area contributed by atoms with E-state index in [9.17, 15) is 13.2 Å². The molecule has 0 bridgehead atoms. The molecule has 1 saturated heterocycles. The summed E-state index contributed by atoms with van der Waals surface area (Å²) >= 11 is 6.26. The van der Waals surface area contributed by atoms with Crippen molar-refractivity contribution in [2.75, 3.05) is 31.6 Å². The molecule has 8 heteroatoms. The van der Waals surface area contributed by atoms with Gasteiger partial charge in [-0.05, 0) is 59.0 Å². The smallest absolute Gasteiger partial charge is 0.257 e. The van der Waals surface area contributed by atoms with Gasteiger partial charge in [0.25, 0.3) is 5.91 Å². The fraction of sp³-hybridized carbons (Fsp3) is 0.208. The maximum atomic E-state index is 13.0. The number of benzene rings is 3. The van der Waals surface area contributed by atoms with Crippen LogP contribution in [0.5, 0.6) is 0 Å². The molecule has 0 saturated carbocycles. The number of fused-ring (bicyclic) bond motifs is 3. The first-order valence-electron chi connectivity index (χ1n) is 10.3. The van der Waals surface area contributed by atoms with Gasteiger partial charge in [0.2, 0.25) is 10.0 Å². The van der Waals surface area contributed by atoms with E-state index in [1.54, 1.807) is 0 Å². The third kappa shape index (κ3) is 3.82. The van der Waals surface area contributed by atoms with E-state index >= 15 is 0 Å². The first-order chi connectivity index (χ1) is 15.4. The quantitative estimate of drug-likeness (QED) is 0.487. The summed E-state index contributed by atoms with van der Waals surface area (Å²) in [5.41, 5.74) is 5.53. The van der Waals surface area contributed by atoms with Crippen molar-refractivity contribution in [2.24, 2.45) is 0 Å². The molecule has 0 radical (unpaired) electrons. The summed E-state index contributed by atoms with van der Waals surface area (Å²) < 4.78 is 32.5. The highest BCUT2D eigenvalue weighted by atomic mass is 35.5. The number of morpholine rings is 1. The Morgan fingerprint density at radius 3 is 2.50 bits per heavy atom. The van der Waals surface area contributed by atoms with Crippen molar-refractivity contribution in [3.8, 4) is 11.1 Å². The molecule has 1 aliphatic carbocycles. The van der Waals surface area contributed by atoms with Gasteiger partial charge in [0.05, 0.1) is 28.7 Å². The first kappa shape index (κ1) is 21.2. The van der Waals surface area contributed by atoms with E-state index in [4.69, 9.17) is 16.3 Å². The molecule has 0 unspecified atom stereocenters. The standard InChI is InChI=1S/C24H21ClN2O4S/c25-23-8-6-19(32(29,30)27-9-11-31-12-10-27)15-22(23)24(28)26-18-5-7-21-17(14-18)13-16-3-1-2-4-20(16)21/h1-8,14-15H,9-13H2,(H,26,28). The second-order valence-electron chi connectivity index (χ2n) is 7.82. The lowest BCUT2D eigenvalue weighted by molar-refractivity contribution is 0.0730. The zero-order valence-electron chi connectivity index (χ0n) is 17.2. The monoisotopic (exact) mass is 468 g/mol. The summed E-state index contributed by atoms with van der Waals surface area (Å²) in [6.45, 7) is 1.26. The second-order valence-corrected chi connectivity index (χ2v) is 10.2. The number of nitrogens with zero attached hydrogens (tertiary/aromatic N) is 1. The van der Waals surface area contributed by atoms with Gasteiger partial charge in [0, 0.05) is 18.8 Å². The zero-order chi connectivity index (χ0) is 22.3. The number of ether oxygens (including phenoxy) is 1. The minimum atomic E-state index is -3.73. The minimum Gasteiger partial charge on any atom is -0.379 e. The molecule has 164 valence electrons. The van der Waals surface area contributed by atoms with E-state index < -0.39 is 15.9 Å². The maximum Gasteiger partial charge on any atom is 0.257 e. The van der Waals surface area contributed by atoms with Crippen molar-refractivity contribution in [3.05, 3.63) is 82.4 Å². The Hall–Kier alpha value is -2.71. The van der Waals surface area contributed by atoms with Gasteiger partial charge >= 0.3 is 0 Å². The van der Waals surface area contributed by atoms with Gasteiger partial charge in [0.1, 0.15) is 0 Å². The van der Waals surface area contributed by atoms with E-state index in [1.807, 2.05) is 30.3 Å². The summed E-state index contributed by atoms with van der Waals surface area (Å²) in [6.07, 6.45) is 0.809. The minimum absolute atomic E-state index is 0.0401. The topological polar surface area (TPSA) is 75.7 Å². The molecule has 6 nitrogen and oxygen atoms in total. The Kier molecular flexibility index (Phi) is 5.51. The highest BCUT2D eigenvalue weighted by molar-refractivity contribution is 7.89. The van der Waals surface area contributed by atoms with E-state index in [0.717, 1.165) is 17.5 Å². The van der Waals surface area contributed by atoms with Gasteiger partial charge < -0.3 is 10.1 Å². The largest absolute Gasteiger partial charge is 0.379 e. The van der Waals surface area contributed by atoms with Crippen LogP contribution in [0.2, 0.25) is 5.02 Å². The van der Waals surface area contributed by atoms with Crippen LogP contribution in [-0.4, -0.2) is 44.9 Å². The molecule has 3 aromatic carbocycles. The summed E-state index contributed by atoms with van der Waals surface area (Å²) in [5, 5.41) is 3.05. The van der Waals surface area contributed by atoms with Crippen molar-refractivity contribution < 1.29 is 17.9 Å². The Morgan fingerprint density at radius 2 is 1.69 bits per heavy atom. The molecule has 1 fully saturated rings. The molecule has 0 aromatic heterocycles. The van der Waals surface area contributed by atoms with Crippen LogP contribution in [0.25, 0.3) is 11.1 Å². The zero-order valence-corrected chi connectivity index (χ0v) is 18.7. The molecule has 32 heavy (non-hydrogen) atoms. The summed E-state index contributed by atoms with van der Waals surface area (Å²) in [4.78, 5) is 13.0. The van der Waals surface area contributed by atoms with Crippen molar-refractivity contribution in [1.29, 1.82) is 0 Å². The molecule has 1 amide bonds. The van der Waals surface area contributed by atoms with Crippen LogP contribution >= 0.6 is 11.6 Å². The fourth-order valence-corrected chi connectivity index (χ4v) is 5.83. The highest BCUT2D eigenvalue weighted by Crippen LogP contribution is 2.37. The average molecular weight is 469 g/mol. The number of hydrogen-bond acceptors (Lipinski definition) is 4. The van der Waals surface area contributed by atoms with Gasteiger partial charge in [-0.1, -0.05) is 41.9 Å². The number of amides is 1. The van der Waals surface area contributed by atoms with Crippen molar-refractivity contribution in [1.82, 2.24) is 4.31 Å². The number of carbonyl (C=O) groups excluding carboxylic acids is 1. The average Bonchev–Trinajstić information content (AvgIpc) is 3.17. The van der Waals surface area contributed by atoms with E-state index in [0.29, 0.717) is 18.9 Å².